The number of methoxy groups -OCH3 is 6. The highest BCUT2D eigenvalue weighted by Crippen LogP contribution is 2.49. The molecular formula is C101H91N13O11. The molecule has 6 aromatic carbocycles. The molecule has 8 bridgehead atoms. The number of amides is 3. The van der Waals surface area contributed by atoms with E-state index in [4.69, 9.17) is 52.8 Å². The number of nitrogens with one attached hydrogen (secondary N) is 6. The first-order valence-electron chi connectivity index (χ1n) is 41.1. The van der Waals surface area contributed by atoms with Gasteiger partial charge in [0.05, 0.1) is 153 Å². The van der Waals surface area contributed by atoms with E-state index in [1.165, 1.54) is 0 Å². The van der Waals surface area contributed by atoms with Gasteiger partial charge in [-0.05, 0) is 212 Å². The molecule has 0 fully saturated rings. The van der Waals surface area contributed by atoms with Crippen LogP contribution in [0.15, 0.2) is 243 Å². The first-order valence-corrected chi connectivity index (χ1v) is 41.1. The van der Waals surface area contributed by atoms with Crippen LogP contribution in [-0.4, -0.2) is 138 Å². The molecule has 6 N–H and O–H groups in total. The van der Waals surface area contributed by atoms with E-state index in [0.717, 1.165) is 29.1 Å². The lowest BCUT2D eigenvalue weighted by molar-refractivity contribution is 0.0941. The molecule has 125 heavy (non-hydrogen) atoms. The molecule has 2 aliphatic rings. The van der Waals surface area contributed by atoms with Gasteiger partial charge in [0, 0.05) is 105 Å². The molecule has 0 unspecified atom stereocenters. The van der Waals surface area contributed by atoms with E-state index in [9.17, 15) is 14.4 Å². The van der Waals surface area contributed by atoms with E-state index in [-0.39, 0.29) is 42.2 Å². The zero-order chi connectivity index (χ0) is 86.3. The van der Waals surface area contributed by atoms with E-state index >= 15 is 0 Å². The zero-order valence-electron chi connectivity index (χ0n) is 70.3. The fourth-order valence-corrected chi connectivity index (χ4v) is 15.3. The van der Waals surface area contributed by atoms with Gasteiger partial charge in [0.1, 0.15) is 46.0 Å². The summed E-state index contributed by atoms with van der Waals surface area (Å²) in [4.78, 5) is 85.6. The van der Waals surface area contributed by atoms with Gasteiger partial charge in [-0.3, -0.25) is 34.3 Å². The lowest BCUT2D eigenvalue weighted by Gasteiger charge is -2.18. The number of aromatic nitrogens is 9. The van der Waals surface area contributed by atoms with Gasteiger partial charge in [0.2, 0.25) is 0 Å². The van der Waals surface area contributed by atoms with E-state index in [0.29, 0.717) is 207 Å². The molecule has 626 valence electrons. The van der Waals surface area contributed by atoms with Gasteiger partial charge in [0.25, 0.3) is 17.7 Å². The Bertz CT molecular complexity index is 6380. The Balaban J connectivity index is 0.695. The second-order valence-corrected chi connectivity index (χ2v) is 29.8. The summed E-state index contributed by atoms with van der Waals surface area (Å²) in [6, 6.07) is 67.6. The third-order valence-corrected chi connectivity index (χ3v) is 21.3. The summed E-state index contributed by atoms with van der Waals surface area (Å²) >= 11 is 0. The third kappa shape index (κ3) is 18.2. The van der Waals surface area contributed by atoms with Gasteiger partial charge in [-0.25, -0.2) is 15.0 Å². The maximum Gasteiger partial charge on any atom is 0.255 e. The standard InChI is InChI=1S/C101H91N13O11/c1-61(2)59-108-100(116)68-39-37-65(58-90(68)124-55-21-53-106-101(117)69-23-17-22-67(64-56-82(71-25-10-13-51-104-71)114-83(57-64)72-26-11-14-52-105-72)98(69)125-54-16-15-49-102-66-38-40-73(107-60-66)70-24-9-12-50-103-70)109-99(115)63-35-33-62(34-36-63)91-74-41-43-76(110-74)92(95-84(118-3)27-18-28-85(95)119-4)78-45-47-80(112-78)94(97-88(122-7)31-20-32-89(97)123-8)81-48-46-79(113-81)93(77-44-42-75(91)111-77)96-86(120-5)29-19-30-87(96)121-6/h9-14,17-20,22-48,50-52,56-58,60-61,102,110,113H,15-16,21,49,53-55,59H2,1-8H3,(H,106,117)(H,108,116)(H,109,115). The number of hydrogen-bond acceptors (Lipinski definition) is 19. The fraction of sp³-hybridized carbons (Fsp3) is 0.168. The van der Waals surface area contributed by atoms with Gasteiger partial charge < -0.3 is 69.1 Å². The maximum atomic E-state index is 14.8. The summed E-state index contributed by atoms with van der Waals surface area (Å²) in [5.41, 5.74) is 18.2. The number of ether oxygens (including phenoxy) is 8. The van der Waals surface area contributed by atoms with Crippen molar-refractivity contribution in [2.75, 3.05) is 86.1 Å². The van der Waals surface area contributed by atoms with Crippen molar-refractivity contribution < 1.29 is 52.3 Å². The number of nitrogens with zero attached hydrogens (tertiary/aromatic N) is 7. The number of carbonyl (C=O) groups excluding carboxylic acids is 3. The quantitative estimate of drug-likeness (QED) is 0.0214. The first-order chi connectivity index (χ1) is 61.3. The highest BCUT2D eigenvalue weighted by atomic mass is 16.5. The van der Waals surface area contributed by atoms with Gasteiger partial charge in [-0.15, -0.1) is 0 Å². The summed E-state index contributed by atoms with van der Waals surface area (Å²) in [6.45, 7) is 5.64. The minimum absolute atomic E-state index is 0.0799. The number of hydrogen-bond donors (Lipinski definition) is 6. The average molecular weight is 1660 g/mol. The molecule has 8 aromatic heterocycles. The maximum absolute atomic E-state index is 14.8. The third-order valence-electron chi connectivity index (χ3n) is 21.3. The predicted molar refractivity (Wildman–Crippen MR) is 491 cm³/mol. The summed E-state index contributed by atoms with van der Waals surface area (Å²) in [7, 11) is 9.75. The van der Waals surface area contributed by atoms with Crippen molar-refractivity contribution in [1.82, 2.24) is 55.5 Å². The summed E-state index contributed by atoms with van der Waals surface area (Å²) in [5.74, 6) is 2.92. The van der Waals surface area contributed by atoms with Crippen molar-refractivity contribution in [1.29, 1.82) is 0 Å². The number of rotatable bonds is 32. The van der Waals surface area contributed by atoms with Crippen LogP contribution in [-0.2, 0) is 0 Å². The van der Waals surface area contributed by atoms with Crippen molar-refractivity contribution >= 4 is 75.5 Å². The van der Waals surface area contributed by atoms with Crippen LogP contribution in [0, 0.1) is 5.92 Å². The Morgan fingerprint density at radius 3 is 1.30 bits per heavy atom. The van der Waals surface area contributed by atoms with Crippen LogP contribution in [0.5, 0.6) is 46.0 Å². The summed E-state index contributed by atoms with van der Waals surface area (Å²) in [5, 5.41) is 12.7. The number of carbonyl (C=O) groups is 3. The Hall–Kier alpha value is -15.7. The first kappa shape index (κ1) is 83.0. The van der Waals surface area contributed by atoms with E-state index < -0.39 is 5.91 Å². The average Bonchev–Trinajstić information content (AvgIpc) is 1.61. The van der Waals surface area contributed by atoms with Crippen LogP contribution in [0.2, 0.25) is 0 Å². The molecule has 14 aromatic rings. The molecule has 2 aliphatic heterocycles. The second kappa shape index (κ2) is 38.3. The van der Waals surface area contributed by atoms with Crippen molar-refractivity contribution in [3.8, 4) is 136 Å². The molecule has 24 nitrogen and oxygen atoms in total. The number of anilines is 2. The van der Waals surface area contributed by atoms with Crippen molar-refractivity contribution in [2.24, 2.45) is 5.92 Å². The summed E-state index contributed by atoms with van der Waals surface area (Å²) in [6.07, 6.45) is 16.6. The molecule has 0 saturated heterocycles. The topological polar surface area (TPSA) is 295 Å². The molecule has 3 amide bonds. The molecule has 16 rings (SSSR count). The van der Waals surface area contributed by atoms with E-state index in [1.807, 2.05) is 220 Å². The molecule has 24 heteroatoms. The number of unbranched alkanes of at least 4 members (excludes halogenated alkanes) is 1. The molecule has 0 radical (unpaired) electrons. The van der Waals surface area contributed by atoms with Gasteiger partial charge >= 0.3 is 0 Å². The molecule has 0 spiro atoms. The number of benzene rings is 6. The van der Waals surface area contributed by atoms with Crippen LogP contribution in [0.4, 0.5) is 11.4 Å². The molecule has 0 aliphatic carbocycles. The highest BCUT2D eigenvalue weighted by Gasteiger charge is 2.28. The summed E-state index contributed by atoms with van der Waals surface area (Å²) < 4.78 is 50.1. The van der Waals surface area contributed by atoms with E-state index in [2.05, 4.69) is 51.2 Å². The number of H-pyrrole nitrogens is 2. The Morgan fingerprint density at radius 1 is 0.360 bits per heavy atom. The molecule has 0 saturated carbocycles. The molecule has 10 heterocycles. The normalized spacial score (nSPS) is 11.4. The molecular weight excluding hydrogens is 1570 g/mol. The zero-order valence-corrected chi connectivity index (χ0v) is 70.3. The lowest BCUT2D eigenvalue weighted by atomic mass is 9.98. The van der Waals surface area contributed by atoms with Crippen molar-refractivity contribution in [3.63, 3.8) is 0 Å². The highest BCUT2D eigenvalue weighted by molar-refractivity contribution is 6.07. The van der Waals surface area contributed by atoms with Gasteiger partial charge in [0.15, 0.2) is 0 Å². The number of fused-ring (bicyclic) bond motifs is 8. The van der Waals surface area contributed by atoms with Gasteiger partial charge in [-0.2, -0.15) is 0 Å². The van der Waals surface area contributed by atoms with E-state index in [1.54, 1.807) is 104 Å². The molecule has 0 atom stereocenters. The number of aromatic amines is 2. The SMILES string of the molecule is COc1cccc(OC)c1-c1c2nc(c(-c3c(OC)cccc3OC)c3ccc([nH]3)c(-c3c(OC)cccc3OC)c3nc(c(-c4ccc(C(=O)Nc5ccc(C(=O)NCC(C)C)c(OCCCNC(=O)c6cccc(-c7cc(-c8ccccn8)nc(-c8ccccn8)c7)c6OCCCCNc6ccc(-c7ccccn7)nc6)c5)cc4)c4ccc1[nH]4)C=C3)C=C2. The number of para-hydroxylation sites is 1. The second-order valence-electron chi connectivity index (χ2n) is 29.8. The largest absolute Gasteiger partial charge is 0.496 e. The monoisotopic (exact) mass is 1660 g/mol. The van der Waals surface area contributed by atoms with Crippen LogP contribution in [0.3, 0.4) is 0 Å². The predicted octanol–water partition coefficient (Wildman–Crippen LogP) is 20.1. The Kier molecular flexibility index (Phi) is 25.4. The minimum atomic E-state index is -0.430. The Labute approximate surface area is 722 Å². The Morgan fingerprint density at radius 2 is 0.824 bits per heavy atom. The smallest absolute Gasteiger partial charge is 0.255 e. The minimum Gasteiger partial charge on any atom is -0.496 e. The van der Waals surface area contributed by atoms with Crippen LogP contribution >= 0.6 is 0 Å². The van der Waals surface area contributed by atoms with Crippen molar-refractivity contribution in [2.45, 2.75) is 33.1 Å². The van der Waals surface area contributed by atoms with Crippen LogP contribution in [0.1, 0.15) is 87.0 Å². The van der Waals surface area contributed by atoms with Crippen molar-refractivity contribution in [3.05, 3.63) is 283 Å². The lowest BCUT2D eigenvalue weighted by Crippen LogP contribution is -2.28. The van der Waals surface area contributed by atoms with Crippen LogP contribution in [0.25, 0.3) is 136 Å². The van der Waals surface area contributed by atoms with Crippen LogP contribution < -0.4 is 59.2 Å². The number of pyridine rings is 5. The fourth-order valence-electron chi connectivity index (χ4n) is 15.3. The van der Waals surface area contributed by atoms with Gasteiger partial charge in [-0.1, -0.05) is 74.5 Å².